The van der Waals surface area contributed by atoms with Gasteiger partial charge in [0.1, 0.15) is 5.54 Å². The van der Waals surface area contributed by atoms with Gasteiger partial charge in [-0.2, -0.15) is 4.31 Å². The predicted molar refractivity (Wildman–Crippen MR) is 60.6 cm³/mol. The van der Waals surface area contributed by atoms with Crippen LogP contribution in [-0.2, 0) is 14.8 Å². The molecule has 1 aliphatic rings. The molecule has 16 heavy (non-hydrogen) atoms. The molecule has 0 saturated carbocycles. The first-order chi connectivity index (χ1) is 7.34. The summed E-state index contributed by atoms with van der Waals surface area (Å²) in [5, 5.41) is 9.17. The van der Waals surface area contributed by atoms with Crippen LogP contribution in [0.3, 0.4) is 0 Å². The molecular formula is C10H17NO4S. The molecule has 1 N–H and O–H groups in total. The summed E-state index contributed by atoms with van der Waals surface area (Å²) in [6, 6.07) is 0. The molecule has 5 nitrogen and oxygen atoms in total. The van der Waals surface area contributed by atoms with Crippen LogP contribution in [0.2, 0.25) is 0 Å². The van der Waals surface area contributed by atoms with Gasteiger partial charge in [-0.25, -0.2) is 8.42 Å². The summed E-state index contributed by atoms with van der Waals surface area (Å²) in [5.41, 5.74) is -1.31. The number of hydrogen-bond acceptors (Lipinski definition) is 3. The Bertz CT molecular complexity index is 390. The van der Waals surface area contributed by atoms with Crippen molar-refractivity contribution in [3.05, 3.63) is 12.7 Å². The number of nitrogens with zero attached hydrogens (tertiary/aromatic N) is 1. The van der Waals surface area contributed by atoms with Crippen molar-refractivity contribution in [3.63, 3.8) is 0 Å². The highest BCUT2D eigenvalue weighted by molar-refractivity contribution is 7.89. The number of aliphatic carboxylic acids is 1. The second-order valence-corrected chi connectivity index (χ2v) is 6.11. The van der Waals surface area contributed by atoms with Crippen molar-refractivity contribution in [2.75, 3.05) is 12.3 Å². The van der Waals surface area contributed by atoms with Gasteiger partial charge in [0, 0.05) is 6.54 Å². The van der Waals surface area contributed by atoms with Crippen LogP contribution >= 0.6 is 0 Å². The number of carbonyl (C=O) groups is 1. The largest absolute Gasteiger partial charge is 0.480 e. The minimum Gasteiger partial charge on any atom is -0.480 e. The monoisotopic (exact) mass is 247 g/mol. The molecule has 1 unspecified atom stereocenters. The summed E-state index contributed by atoms with van der Waals surface area (Å²) in [4.78, 5) is 11.2. The Balaban J connectivity index is 3.09. The molecule has 6 heteroatoms. The van der Waals surface area contributed by atoms with Crippen molar-refractivity contribution in [1.82, 2.24) is 4.31 Å². The standard InChI is InChI=1S/C10H17NO4S/c1-3-8-16(14,15)11-7-5-4-6-10(11,2)9(12)13/h3H,1,4-8H2,2H3,(H,12,13). The number of rotatable bonds is 4. The van der Waals surface area contributed by atoms with Gasteiger partial charge in [-0.15, -0.1) is 6.58 Å². The quantitative estimate of drug-likeness (QED) is 0.747. The van der Waals surface area contributed by atoms with Gasteiger partial charge in [-0.05, 0) is 26.2 Å². The molecule has 0 radical (unpaired) electrons. The lowest BCUT2D eigenvalue weighted by Crippen LogP contribution is -2.57. The summed E-state index contributed by atoms with van der Waals surface area (Å²) in [5.74, 6) is -1.30. The van der Waals surface area contributed by atoms with Crippen molar-refractivity contribution in [2.24, 2.45) is 0 Å². The Morgan fingerprint density at radius 1 is 1.56 bits per heavy atom. The van der Waals surface area contributed by atoms with E-state index >= 15 is 0 Å². The first kappa shape index (κ1) is 13.2. The molecule has 0 aliphatic carbocycles. The molecule has 92 valence electrons. The van der Waals surface area contributed by atoms with Gasteiger partial charge >= 0.3 is 5.97 Å². The highest BCUT2D eigenvalue weighted by Crippen LogP contribution is 2.30. The molecule has 0 aromatic heterocycles. The molecule has 1 aliphatic heterocycles. The molecule has 0 aromatic rings. The average molecular weight is 247 g/mol. The minimum absolute atomic E-state index is 0.212. The van der Waals surface area contributed by atoms with Crippen LogP contribution in [0.15, 0.2) is 12.7 Å². The van der Waals surface area contributed by atoms with Crippen molar-refractivity contribution in [2.45, 2.75) is 31.7 Å². The first-order valence-corrected chi connectivity index (χ1v) is 6.80. The van der Waals surface area contributed by atoms with Gasteiger partial charge in [0.15, 0.2) is 0 Å². The molecule has 0 aromatic carbocycles. The topological polar surface area (TPSA) is 74.7 Å². The summed E-state index contributed by atoms with van der Waals surface area (Å²) in [6.07, 6.45) is 3.09. The zero-order valence-corrected chi connectivity index (χ0v) is 10.2. The van der Waals surface area contributed by atoms with E-state index in [9.17, 15) is 13.2 Å². The molecule has 1 atom stereocenters. The van der Waals surface area contributed by atoms with Gasteiger partial charge in [-0.3, -0.25) is 4.79 Å². The Kier molecular flexibility index (Phi) is 3.75. The Hall–Kier alpha value is -0.880. The maximum Gasteiger partial charge on any atom is 0.324 e. The average Bonchev–Trinajstić information content (AvgIpc) is 2.17. The van der Waals surface area contributed by atoms with E-state index in [1.807, 2.05) is 0 Å². The molecule has 1 saturated heterocycles. The van der Waals surface area contributed by atoms with Crippen LogP contribution in [0.4, 0.5) is 0 Å². The number of piperidine rings is 1. The third-order valence-electron chi connectivity index (χ3n) is 2.95. The van der Waals surface area contributed by atoms with Crippen molar-refractivity contribution in [1.29, 1.82) is 0 Å². The van der Waals surface area contributed by atoms with Crippen LogP contribution < -0.4 is 0 Å². The summed E-state index contributed by atoms with van der Waals surface area (Å²) in [7, 11) is -3.55. The lowest BCUT2D eigenvalue weighted by atomic mass is 9.91. The van der Waals surface area contributed by atoms with Crippen molar-refractivity contribution in [3.8, 4) is 0 Å². The molecule has 1 heterocycles. The molecular weight excluding hydrogens is 230 g/mol. The third-order valence-corrected chi connectivity index (χ3v) is 4.86. The number of sulfonamides is 1. The maximum atomic E-state index is 11.9. The maximum absolute atomic E-state index is 11.9. The fourth-order valence-electron chi connectivity index (χ4n) is 1.99. The predicted octanol–water partition coefficient (Wildman–Crippen LogP) is 0.831. The van der Waals surface area contributed by atoms with Gasteiger partial charge < -0.3 is 5.11 Å². The van der Waals surface area contributed by atoms with Crippen molar-refractivity contribution >= 4 is 16.0 Å². The Morgan fingerprint density at radius 2 is 2.19 bits per heavy atom. The third kappa shape index (κ3) is 2.27. The van der Waals surface area contributed by atoms with Crippen LogP contribution in [-0.4, -0.2) is 41.6 Å². The van der Waals surface area contributed by atoms with E-state index in [1.54, 1.807) is 0 Å². The second kappa shape index (κ2) is 4.55. The minimum atomic E-state index is -3.55. The normalized spacial score (nSPS) is 27.6. The number of hydrogen-bond donors (Lipinski definition) is 1. The molecule has 1 rings (SSSR count). The second-order valence-electron chi connectivity index (χ2n) is 4.18. The Morgan fingerprint density at radius 3 is 2.69 bits per heavy atom. The highest BCUT2D eigenvalue weighted by Gasteiger charge is 2.46. The van der Waals surface area contributed by atoms with Gasteiger partial charge in [0.2, 0.25) is 10.0 Å². The first-order valence-electron chi connectivity index (χ1n) is 5.19. The van der Waals surface area contributed by atoms with Crippen LogP contribution in [0, 0.1) is 0 Å². The smallest absolute Gasteiger partial charge is 0.324 e. The lowest BCUT2D eigenvalue weighted by Gasteiger charge is -2.40. The van der Waals surface area contributed by atoms with Crippen LogP contribution in [0.1, 0.15) is 26.2 Å². The summed E-state index contributed by atoms with van der Waals surface area (Å²) >= 11 is 0. The van der Waals surface area contributed by atoms with E-state index in [2.05, 4.69) is 6.58 Å². The highest BCUT2D eigenvalue weighted by atomic mass is 32.2. The Labute approximate surface area is 95.8 Å². The molecule has 1 fully saturated rings. The summed E-state index contributed by atoms with van der Waals surface area (Å²) < 4.78 is 24.9. The number of carboxylic acid groups (broad SMARTS) is 1. The van der Waals surface area contributed by atoms with Gasteiger partial charge in [0.05, 0.1) is 5.75 Å². The molecule has 0 spiro atoms. The molecule has 0 amide bonds. The van der Waals surface area contributed by atoms with E-state index in [-0.39, 0.29) is 12.3 Å². The van der Waals surface area contributed by atoms with Crippen LogP contribution in [0.5, 0.6) is 0 Å². The van der Waals surface area contributed by atoms with E-state index in [4.69, 9.17) is 5.11 Å². The lowest BCUT2D eigenvalue weighted by molar-refractivity contribution is -0.149. The summed E-state index contributed by atoms with van der Waals surface area (Å²) in [6.45, 7) is 5.12. The molecule has 0 bridgehead atoms. The van der Waals surface area contributed by atoms with Gasteiger partial charge in [0.25, 0.3) is 0 Å². The zero-order chi connectivity index (χ0) is 12.4. The number of carboxylic acids is 1. The van der Waals surface area contributed by atoms with Crippen LogP contribution in [0.25, 0.3) is 0 Å². The fraction of sp³-hybridized carbons (Fsp3) is 0.700. The van der Waals surface area contributed by atoms with E-state index < -0.39 is 21.5 Å². The van der Waals surface area contributed by atoms with E-state index in [0.29, 0.717) is 12.8 Å². The SMILES string of the molecule is C=CCS(=O)(=O)N1CCCCC1(C)C(=O)O. The fourth-order valence-corrected chi connectivity index (χ4v) is 3.66. The van der Waals surface area contributed by atoms with Crippen molar-refractivity contribution < 1.29 is 18.3 Å². The van der Waals surface area contributed by atoms with E-state index in [0.717, 1.165) is 10.7 Å². The van der Waals surface area contributed by atoms with E-state index in [1.165, 1.54) is 13.0 Å². The zero-order valence-electron chi connectivity index (χ0n) is 9.35. The van der Waals surface area contributed by atoms with Gasteiger partial charge in [-0.1, -0.05) is 6.08 Å².